The second kappa shape index (κ2) is 6.13. The van der Waals surface area contributed by atoms with Crippen LogP contribution in [-0.4, -0.2) is 28.4 Å². The van der Waals surface area contributed by atoms with Gasteiger partial charge in [-0.25, -0.2) is 9.00 Å². The van der Waals surface area contributed by atoms with Crippen molar-refractivity contribution in [1.82, 2.24) is 0 Å². The molecule has 5 nitrogen and oxygen atoms in total. The van der Waals surface area contributed by atoms with Crippen molar-refractivity contribution in [2.75, 3.05) is 13.7 Å². The Hall–Kier alpha value is -0.920. The van der Waals surface area contributed by atoms with E-state index in [1.54, 1.807) is 6.92 Å². The molecule has 17 heavy (non-hydrogen) atoms. The van der Waals surface area contributed by atoms with Crippen molar-refractivity contribution < 1.29 is 23.0 Å². The van der Waals surface area contributed by atoms with E-state index < -0.39 is 17.0 Å². The summed E-state index contributed by atoms with van der Waals surface area (Å²) in [6, 6.07) is 2.75. The van der Waals surface area contributed by atoms with Crippen molar-refractivity contribution in [2.24, 2.45) is 0 Å². The highest BCUT2D eigenvalue weighted by Gasteiger charge is 2.18. The first-order valence-corrected chi connectivity index (χ1v) is 6.56. The minimum atomic E-state index is -2.24. The van der Waals surface area contributed by atoms with Gasteiger partial charge in [-0.05, 0) is 35.0 Å². The minimum absolute atomic E-state index is 0.0185. The molecule has 1 aromatic carbocycles. The lowest BCUT2D eigenvalue weighted by Crippen LogP contribution is -2.07. The van der Waals surface area contributed by atoms with Crippen molar-refractivity contribution in [2.45, 2.75) is 11.8 Å². The first-order valence-electron chi connectivity index (χ1n) is 4.66. The molecule has 0 saturated heterocycles. The van der Waals surface area contributed by atoms with Gasteiger partial charge in [-0.2, -0.15) is 0 Å². The number of ether oxygens (including phenoxy) is 2. The predicted octanol–water partition coefficient (Wildman–Crippen LogP) is 2.21. The Morgan fingerprint density at radius 3 is 2.65 bits per heavy atom. The fourth-order valence-corrected chi connectivity index (χ4v) is 2.56. The molecule has 1 aromatic rings. The lowest BCUT2D eigenvalue weighted by atomic mass is 10.2. The molecule has 0 heterocycles. The van der Waals surface area contributed by atoms with Crippen LogP contribution in [0.2, 0.25) is 0 Å². The number of rotatable bonds is 4. The zero-order chi connectivity index (χ0) is 13.0. The van der Waals surface area contributed by atoms with E-state index >= 15 is 0 Å². The van der Waals surface area contributed by atoms with Crippen LogP contribution in [0.4, 0.5) is 0 Å². The topological polar surface area (TPSA) is 72.8 Å². The first kappa shape index (κ1) is 14.1. The molecule has 0 bridgehead atoms. The normalized spacial score (nSPS) is 12.0. The number of hydrogen-bond donors (Lipinski definition) is 1. The van der Waals surface area contributed by atoms with Crippen molar-refractivity contribution >= 4 is 33.0 Å². The predicted molar refractivity (Wildman–Crippen MR) is 65.7 cm³/mol. The number of methoxy groups -OCH3 is 1. The smallest absolute Gasteiger partial charge is 0.338 e. The molecular formula is C10H11BrO5S. The van der Waals surface area contributed by atoms with Crippen LogP contribution in [0, 0.1) is 0 Å². The SMILES string of the molecule is CCOC(=O)c1cc(Br)c(OC)c(S(=O)O)c1. The number of benzene rings is 1. The van der Waals surface area contributed by atoms with E-state index in [0.29, 0.717) is 4.47 Å². The van der Waals surface area contributed by atoms with Gasteiger partial charge in [0.1, 0.15) is 4.90 Å². The molecule has 0 spiro atoms. The number of esters is 1. The van der Waals surface area contributed by atoms with Crippen molar-refractivity contribution in [3.05, 3.63) is 22.2 Å². The second-order valence-corrected chi connectivity index (χ2v) is 4.75. The van der Waals surface area contributed by atoms with E-state index in [4.69, 9.17) is 14.0 Å². The van der Waals surface area contributed by atoms with E-state index in [1.807, 2.05) is 0 Å². The summed E-state index contributed by atoms with van der Waals surface area (Å²) in [6.45, 7) is 1.92. The van der Waals surface area contributed by atoms with Gasteiger partial charge >= 0.3 is 5.97 Å². The van der Waals surface area contributed by atoms with Crippen LogP contribution >= 0.6 is 15.9 Å². The van der Waals surface area contributed by atoms with Gasteiger partial charge < -0.3 is 14.0 Å². The van der Waals surface area contributed by atoms with Gasteiger partial charge in [0.05, 0.1) is 23.8 Å². The van der Waals surface area contributed by atoms with Crippen molar-refractivity contribution in [1.29, 1.82) is 0 Å². The quantitative estimate of drug-likeness (QED) is 0.679. The van der Waals surface area contributed by atoms with Crippen LogP contribution in [0.5, 0.6) is 5.75 Å². The van der Waals surface area contributed by atoms with E-state index in [9.17, 15) is 9.00 Å². The zero-order valence-corrected chi connectivity index (χ0v) is 11.6. The van der Waals surface area contributed by atoms with Crippen LogP contribution in [0.25, 0.3) is 0 Å². The maximum atomic E-state index is 11.5. The molecule has 0 radical (unpaired) electrons. The molecule has 0 amide bonds. The van der Waals surface area contributed by atoms with Gasteiger partial charge in [0.25, 0.3) is 0 Å². The first-order chi connectivity index (χ1) is 8.01. The number of halogens is 1. The Labute approximate surface area is 110 Å². The average Bonchev–Trinajstić information content (AvgIpc) is 2.28. The molecular weight excluding hydrogens is 312 g/mol. The highest BCUT2D eigenvalue weighted by molar-refractivity contribution is 9.10. The van der Waals surface area contributed by atoms with E-state index in [2.05, 4.69) is 15.9 Å². The third-order valence-electron chi connectivity index (χ3n) is 1.91. The van der Waals surface area contributed by atoms with Crippen molar-refractivity contribution in [3.63, 3.8) is 0 Å². The monoisotopic (exact) mass is 322 g/mol. The Morgan fingerprint density at radius 2 is 2.18 bits per heavy atom. The minimum Gasteiger partial charge on any atom is -0.494 e. The van der Waals surface area contributed by atoms with Gasteiger partial charge in [0, 0.05) is 0 Å². The molecule has 1 N–H and O–H groups in total. The summed E-state index contributed by atoms with van der Waals surface area (Å²) in [6.07, 6.45) is 0. The summed E-state index contributed by atoms with van der Waals surface area (Å²) in [5, 5.41) is 0. The summed E-state index contributed by atoms with van der Waals surface area (Å²) >= 11 is 0.923. The van der Waals surface area contributed by atoms with Gasteiger partial charge in [-0.1, -0.05) is 0 Å². The lowest BCUT2D eigenvalue weighted by Gasteiger charge is -2.10. The van der Waals surface area contributed by atoms with Gasteiger partial charge in [0.2, 0.25) is 0 Å². The van der Waals surface area contributed by atoms with E-state index in [0.717, 1.165) is 0 Å². The summed E-state index contributed by atoms with van der Waals surface area (Å²) in [7, 11) is 1.38. The summed E-state index contributed by atoms with van der Waals surface area (Å²) in [5.41, 5.74) is 0.192. The molecule has 1 atom stereocenters. The van der Waals surface area contributed by atoms with Crippen LogP contribution in [0.15, 0.2) is 21.5 Å². The van der Waals surface area contributed by atoms with Crippen LogP contribution < -0.4 is 4.74 Å². The molecule has 0 fully saturated rings. The fourth-order valence-electron chi connectivity index (χ4n) is 1.23. The van der Waals surface area contributed by atoms with Crippen LogP contribution in [0.3, 0.4) is 0 Å². The zero-order valence-electron chi connectivity index (χ0n) is 9.23. The van der Waals surface area contributed by atoms with Crippen LogP contribution in [0.1, 0.15) is 17.3 Å². The third-order valence-corrected chi connectivity index (χ3v) is 3.18. The van der Waals surface area contributed by atoms with Crippen LogP contribution in [-0.2, 0) is 15.8 Å². The maximum absolute atomic E-state index is 11.5. The van der Waals surface area contributed by atoms with Gasteiger partial charge in [0.15, 0.2) is 16.8 Å². The standard InChI is InChI=1S/C10H11BrO5S/c1-3-16-10(12)6-4-7(11)9(15-2)8(5-6)17(13)14/h4-5H,3H2,1-2H3,(H,13,14). The molecule has 1 unspecified atom stereocenters. The average molecular weight is 323 g/mol. The van der Waals surface area contributed by atoms with Crippen molar-refractivity contribution in [3.8, 4) is 5.75 Å². The molecule has 94 valence electrons. The Balaban J connectivity index is 3.29. The molecule has 7 heteroatoms. The molecule has 0 aliphatic heterocycles. The molecule has 1 rings (SSSR count). The second-order valence-electron chi connectivity index (χ2n) is 2.96. The third kappa shape index (κ3) is 3.27. The summed E-state index contributed by atoms with van der Waals surface area (Å²) in [4.78, 5) is 11.5. The summed E-state index contributed by atoms with van der Waals surface area (Å²) < 4.78 is 30.4. The van der Waals surface area contributed by atoms with E-state index in [1.165, 1.54) is 19.2 Å². The fraction of sp³-hybridized carbons (Fsp3) is 0.300. The highest BCUT2D eigenvalue weighted by atomic mass is 79.9. The molecule has 0 aliphatic carbocycles. The highest BCUT2D eigenvalue weighted by Crippen LogP contribution is 2.32. The Kier molecular flexibility index (Phi) is 5.10. The molecule has 0 saturated carbocycles. The Morgan fingerprint density at radius 1 is 1.53 bits per heavy atom. The number of hydrogen-bond acceptors (Lipinski definition) is 4. The largest absolute Gasteiger partial charge is 0.494 e. The lowest BCUT2D eigenvalue weighted by molar-refractivity contribution is 0.0526. The maximum Gasteiger partial charge on any atom is 0.338 e. The Bertz CT molecular complexity index is 460. The summed E-state index contributed by atoms with van der Waals surface area (Å²) in [5.74, 6) is -0.332. The van der Waals surface area contributed by atoms with Gasteiger partial charge in [-0.3, -0.25) is 0 Å². The molecule has 0 aromatic heterocycles. The number of carbonyl (C=O) groups excluding carboxylic acids is 1. The van der Waals surface area contributed by atoms with E-state index in [-0.39, 0.29) is 22.8 Å². The molecule has 0 aliphatic rings. The number of carbonyl (C=O) groups is 1. The van der Waals surface area contributed by atoms with Gasteiger partial charge in [-0.15, -0.1) is 0 Å².